The van der Waals surface area contributed by atoms with Crippen LogP contribution >= 0.6 is 7.82 Å². The number of carbonyl (C=O) groups is 2. The molecule has 0 N–H and O–H groups in total. The smallest absolute Gasteiger partial charge is 0.306 e. The number of carbonyl (C=O) groups excluding carboxylic acids is 2. The van der Waals surface area contributed by atoms with E-state index in [1.807, 2.05) is 21.1 Å². The Hall–Kier alpha value is -2.03. The van der Waals surface area contributed by atoms with E-state index in [-0.39, 0.29) is 32.0 Å². The molecule has 0 aromatic rings. The topological polar surface area (TPSA) is 111 Å². The molecule has 0 aromatic heterocycles. The van der Waals surface area contributed by atoms with Gasteiger partial charge in [-0.05, 0) is 51.4 Å². The summed E-state index contributed by atoms with van der Waals surface area (Å²) < 4.78 is 34.1. The molecule has 0 aromatic carbocycles. The van der Waals surface area contributed by atoms with E-state index in [9.17, 15) is 19.0 Å². The maximum atomic E-state index is 12.8. The molecule has 2 unspecified atom stereocenters. The highest BCUT2D eigenvalue weighted by Crippen LogP contribution is 2.38. The van der Waals surface area contributed by atoms with Crippen LogP contribution in [-0.4, -0.2) is 70.0 Å². The van der Waals surface area contributed by atoms with E-state index in [0.717, 1.165) is 70.6 Å². The molecule has 0 saturated carbocycles. The summed E-state index contributed by atoms with van der Waals surface area (Å²) in [5.74, 6) is -0.852. The van der Waals surface area contributed by atoms with Gasteiger partial charge in [-0.3, -0.25) is 14.2 Å². The summed E-state index contributed by atoms with van der Waals surface area (Å²) in [6.45, 7) is 4.13. The summed E-state index contributed by atoms with van der Waals surface area (Å²) in [6, 6.07) is 0. The van der Waals surface area contributed by atoms with Crippen molar-refractivity contribution in [1.82, 2.24) is 0 Å². The summed E-state index contributed by atoms with van der Waals surface area (Å²) in [5, 5.41) is 0. The standard InChI is InChI=1S/C61H114NO8P/c1-6-8-10-12-14-16-18-20-22-24-25-26-27-28-29-30-31-32-33-34-35-36-38-39-41-43-45-47-49-51-53-60(63)67-57-59(58-69-71(65,66)68-56-55-62(3,4)5)70-61(64)54-52-50-48-46-44-42-40-37-23-21-19-17-15-13-11-9-7-2/h9,11,15,17,21,23,40,42,59H,6-8,10,12-14,16,18-20,22,24-39,41,43-58H2,1-5H3/b11-9-,17-15-,23-21-,42-40-. The maximum absolute atomic E-state index is 12.8. The molecule has 0 aliphatic rings. The van der Waals surface area contributed by atoms with Gasteiger partial charge < -0.3 is 27.9 Å². The van der Waals surface area contributed by atoms with Gasteiger partial charge in [-0.15, -0.1) is 0 Å². The number of hydrogen-bond donors (Lipinski definition) is 0. The van der Waals surface area contributed by atoms with Gasteiger partial charge >= 0.3 is 11.9 Å². The molecule has 0 aliphatic heterocycles. The van der Waals surface area contributed by atoms with E-state index in [0.29, 0.717) is 17.4 Å². The number of allylic oxidation sites excluding steroid dienone is 8. The Morgan fingerprint density at radius 2 is 0.803 bits per heavy atom. The molecule has 0 bridgehead atoms. The average molecular weight is 1020 g/mol. The molecule has 0 heterocycles. The molecule has 0 saturated heterocycles. The highest BCUT2D eigenvalue weighted by atomic mass is 31.2. The summed E-state index contributed by atoms with van der Waals surface area (Å²) in [5.41, 5.74) is 0. The van der Waals surface area contributed by atoms with Crippen LogP contribution in [0.15, 0.2) is 48.6 Å². The minimum atomic E-state index is -4.64. The van der Waals surface area contributed by atoms with Crippen molar-refractivity contribution in [1.29, 1.82) is 0 Å². The third kappa shape index (κ3) is 57.1. The van der Waals surface area contributed by atoms with Crippen molar-refractivity contribution in [2.45, 2.75) is 283 Å². The number of quaternary nitrogens is 1. The van der Waals surface area contributed by atoms with E-state index >= 15 is 0 Å². The number of ether oxygens (including phenoxy) is 2. The van der Waals surface area contributed by atoms with Gasteiger partial charge in [0.2, 0.25) is 0 Å². The number of unbranched alkanes of at least 4 members (excludes halogenated alkanes) is 33. The molecular formula is C61H114NO8P. The van der Waals surface area contributed by atoms with Crippen LogP contribution in [0.1, 0.15) is 277 Å². The molecule has 10 heteroatoms. The second kappa shape index (κ2) is 52.8. The van der Waals surface area contributed by atoms with E-state index in [2.05, 4.69) is 62.5 Å². The molecule has 9 nitrogen and oxygen atoms in total. The molecule has 0 radical (unpaired) electrons. The third-order valence-corrected chi connectivity index (χ3v) is 14.1. The van der Waals surface area contributed by atoms with E-state index in [4.69, 9.17) is 18.5 Å². The number of phosphoric acid groups is 1. The first-order valence-electron chi connectivity index (χ1n) is 29.8. The molecular weight excluding hydrogens is 906 g/mol. The van der Waals surface area contributed by atoms with E-state index < -0.39 is 26.5 Å². The maximum Gasteiger partial charge on any atom is 0.306 e. The van der Waals surface area contributed by atoms with Crippen LogP contribution < -0.4 is 4.89 Å². The lowest BCUT2D eigenvalue weighted by molar-refractivity contribution is -0.870. The number of likely N-dealkylation sites (N-methyl/N-ethyl adjacent to an activating group) is 1. The predicted molar refractivity (Wildman–Crippen MR) is 300 cm³/mol. The van der Waals surface area contributed by atoms with Crippen molar-refractivity contribution in [2.75, 3.05) is 47.5 Å². The first-order chi connectivity index (χ1) is 34.5. The summed E-state index contributed by atoms with van der Waals surface area (Å²) in [7, 11) is 1.15. The van der Waals surface area contributed by atoms with Crippen molar-refractivity contribution < 1.29 is 42.1 Å². The van der Waals surface area contributed by atoms with Gasteiger partial charge in [-0.2, -0.15) is 0 Å². The number of phosphoric ester groups is 1. The summed E-state index contributed by atoms with van der Waals surface area (Å²) >= 11 is 0. The number of rotatable bonds is 55. The Kier molecular flexibility index (Phi) is 51.3. The van der Waals surface area contributed by atoms with Crippen molar-refractivity contribution >= 4 is 19.8 Å². The van der Waals surface area contributed by atoms with Gasteiger partial charge in [0.1, 0.15) is 19.8 Å². The molecule has 0 rings (SSSR count). The third-order valence-electron chi connectivity index (χ3n) is 13.1. The normalized spacial score (nSPS) is 13.6. The molecule has 0 spiro atoms. The van der Waals surface area contributed by atoms with E-state index in [1.165, 1.54) is 173 Å². The molecule has 0 fully saturated rings. The van der Waals surface area contributed by atoms with Gasteiger partial charge in [-0.25, -0.2) is 0 Å². The Morgan fingerprint density at radius 1 is 0.451 bits per heavy atom. The Bertz CT molecular complexity index is 1340. The second-order valence-corrected chi connectivity index (χ2v) is 22.8. The quantitative estimate of drug-likeness (QED) is 0.0195. The van der Waals surface area contributed by atoms with Gasteiger partial charge in [0, 0.05) is 12.8 Å². The molecule has 71 heavy (non-hydrogen) atoms. The van der Waals surface area contributed by atoms with Crippen LogP contribution in [0.3, 0.4) is 0 Å². The monoisotopic (exact) mass is 1020 g/mol. The van der Waals surface area contributed by atoms with Crippen molar-refractivity contribution in [3.05, 3.63) is 48.6 Å². The highest BCUT2D eigenvalue weighted by molar-refractivity contribution is 7.45. The Morgan fingerprint density at radius 3 is 1.20 bits per heavy atom. The van der Waals surface area contributed by atoms with Crippen LogP contribution in [0.4, 0.5) is 0 Å². The minimum Gasteiger partial charge on any atom is -0.756 e. The van der Waals surface area contributed by atoms with Crippen LogP contribution in [0.5, 0.6) is 0 Å². The zero-order valence-electron chi connectivity index (χ0n) is 47.2. The zero-order valence-corrected chi connectivity index (χ0v) is 48.1. The predicted octanol–water partition coefficient (Wildman–Crippen LogP) is 17.9. The number of esters is 2. The lowest BCUT2D eigenvalue weighted by Crippen LogP contribution is -2.37. The van der Waals surface area contributed by atoms with Gasteiger partial charge in [0.05, 0.1) is 27.7 Å². The fourth-order valence-corrected chi connectivity index (χ4v) is 9.26. The van der Waals surface area contributed by atoms with Gasteiger partial charge in [0.15, 0.2) is 6.10 Å². The largest absolute Gasteiger partial charge is 0.756 e. The lowest BCUT2D eigenvalue weighted by atomic mass is 10.0. The summed E-state index contributed by atoms with van der Waals surface area (Å²) in [4.78, 5) is 37.8. The van der Waals surface area contributed by atoms with Gasteiger partial charge in [0.25, 0.3) is 7.82 Å². The molecule has 0 amide bonds. The Labute approximate surface area is 439 Å². The van der Waals surface area contributed by atoms with Gasteiger partial charge in [-0.1, -0.05) is 262 Å². The van der Waals surface area contributed by atoms with Crippen molar-refractivity contribution in [3.63, 3.8) is 0 Å². The molecule has 416 valence electrons. The highest BCUT2D eigenvalue weighted by Gasteiger charge is 2.22. The van der Waals surface area contributed by atoms with Crippen LogP contribution in [-0.2, 0) is 32.7 Å². The minimum absolute atomic E-state index is 0.0360. The zero-order chi connectivity index (χ0) is 52.0. The Balaban J connectivity index is 4.05. The summed E-state index contributed by atoms with van der Waals surface area (Å²) in [6.07, 6.45) is 66.1. The van der Waals surface area contributed by atoms with E-state index in [1.54, 1.807) is 0 Å². The van der Waals surface area contributed by atoms with Crippen molar-refractivity contribution in [3.8, 4) is 0 Å². The SMILES string of the molecule is CC/C=C\C/C=C\C/C=C\C/C=C\CCCCCCC(=O)OC(COC(=O)CCCCCCCCCCCCCCCCCCCCCCCCCCCCCCCC)COP(=O)([O-])OCC[N+](C)(C)C. The number of nitrogens with zero attached hydrogens (tertiary/aromatic N) is 1. The first-order valence-corrected chi connectivity index (χ1v) is 31.3. The van der Waals surface area contributed by atoms with Crippen LogP contribution in [0, 0.1) is 0 Å². The fraction of sp³-hybridized carbons (Fsp3) is 0.836. The van der Waals surface area contributed by atoms with Crippen LogP contribution in [0.2, 0.25) is 0 Å². The second-order valence-electron chi connectivity index (χ2n) is 21.3. The van der Waals surface area contributed by atoms with Crippen molar-refractivity contribution in [2.24, 2.45) is 0 Å². The fourth-order valence-electron chi connectivity index (χ4n) is 8.53. The average Bonchev–Trinajstić information content (AvgIpc) is 3.33. The van der Waals surface area contributed by atoms with Crippen LogP contribution in [0.25, 0.3) is 0 Å². The molecule has 0 aliphatic carbocycles. The lowest BCUT2D eigenvalue weighted by Gasteiger charge is -2.28. The molecule has 2 atom stereocenters. The number of hydrogen-bond acceptors (Lipinski definition) is 8. The first kappa shape index (κ1) is 69.0.